The van der Waals surface area contributed by atoms with Gasteiger partial charge in [-0.15, -0.1) is 0 Å². The topological polar surface area (TPSA) is 0 Å². The van der Waals surface area contributed by atoms with E-state index in [-0.39, 0.29) is 68.9 Å². The minimum atomic E-state index is 0. The number of hydrogen-bond acceptors (Lipinski definition) is 0. The molecule has 0 spiro atoms. The van der Waals surface area contributed by atoms with Crippen molar-refractivity contribution in [1.82, 2.24) is 0 Å². The van der Waals surface area contributed by atoms with Crippen LogP contribution in [0.15, 0.2) is 0 Å². The molecule has 1 radical (unpaired) electrons. The van der Waals surface area contributed by atoms with Crippen LogP contribution in [0.5, 0.6) is 0 Å². The summed E-state index contributed by atoms with van der Waals surface area (Å²) in [6, 6.07) is 0. The Morgan fingerprint density at radius 2 is 0.750 bits per heavy atom. The Bertz CT molecular complexity index is 6.00. The van der Waals surface area contributed by atoms with Crippen LogP contribution >= 0.6 is 0 Å². The minimum absolute atomic E-state index is 0. The van der Waals surface area contributed by atoms with Gasteiger partial charge in [0.25, 0.3) is 0 Å². The largest absolute Gasteiger partial charge is 0.187 e. The van der Waals surface area contributed by atoms with Crippen molar-refractivity contribution in [3.8, 4) is 0 Å². The molecular formula is H6Al2FeMn. The molecule has 0 fully saturated rings. The van der Waals surface area contributed by atoms with Crippen molar-refractivity contribution in [2.24, 2.45) is 0 Å². The molecule has 0 heterocycles. The van der Waals surface area contributed by atoms with Gasteiger partial charge in [-0.2, -0.15) is 0 Å². The molecule has 0 amide bonds. The van der Waals surface area contributed by atoms with Crippen LogP contribution in [0, 0.1) is 0 Å². The van der Waals surface area contributed by atoms with Gasteiger partial charge in [0.2, 0.25) is 0 Å². The summed E-state index contributed by atoms with van der Waals surface area (Å²) in [6.07, 6.45) is 0. The van der Waals surface area contributed by atoms with E-state index in [0.717, 1.165) is 0 Å². The first-order valence-electron chi connectivity index (χ1n) is 0. The van der Waals surface area contributed by atoms with Crippen LogP contribution in [-0.2, 0) is 34.1 Å². The Balaban J connectivity index is 0. The molecule has 0 aromatic rings. The normalized spacial score (nSPS) is 0. The van der Waals surface area contributed by atoms with Crippen LogP contribution in [0.4, 0.5) is 0 Å². The fraction of sp³-hybridized carbons (Fsp3) is 0. The van der Waals surface area contributed by atoms with Crippen molar-refractivity contribution in [3.05, 3.63) is 0 Å². The fourth-order valence-electron chi connectivity index (χ4n) is 0. The van der Waals surface area contributed by atoms with E-state index in [1.807, 2.05) is 0 Å². The zero-order valence-electron chi connectivity index (χ0n) is 0.732. The summed E-state index contributed by atoms with van der Waals surface area (Å²) in [5, 5.41) is 0. The van der Waals surface area contributed by atoms with Gasteiger partial charge >= 0.3 is 0 Å². The predicted molar refractivity (Wildman–Crippen MR) is 19.9 cm³/mol. The zero-order valence-corrected chi connectivity index (χ0v) is 3.02. The van der Waals surface area contributed by atoms with Gasteiger partial charge in [0.05, 0.1) is 0 Å². The third kappa shape index (κ3) is 8.93. The summed E-state index contributed by atoms with van der Waals surface area (Å²) < 4.78 is 0. The summed E-state index contributed by atoms with van der Waals surface area (Å²) in [5.74, 6) is 0. The first-order valence-corrected chi connectivity index (χ1v) is 0. The quantitative estimate of drug-likeness (QED) is 0.357. The third-order valence-electron chi connectivity index (χ3n) is 0. The van der Waals surface area contributed by atoms with Crippen molar-refractivity contribution < 1.29 is 34.1 Å². The molecule has 0 atom stereocenters. The first kappa shape index (κ1) is 35.9. The van der Waals surface area contributed by atoms with Crippen LogP contribution in [-0.4, -0.2) is 34.7 Å². The van der Waals surface area contributed by atoms with E-state index in [2.05, 4.69) is 0 Å². The van der Waals surface area contributed by atoms with Gasteiger partial charge in [0.15, 0.2) is 34.7 Å². The van der Waals surface area contributed by atoms with E-state index in [1.165, 1.54) is 0 Å². The predicted octanol–water partition coefficient (Wildman–Crippen LogP) is -2.37. The summed E-state index contributed by atoms with van der Waals surface area (Å²) >= 11 is 0. The van der Waals surface area contributed by atoms with Gasteiger partial charge in [-0.3, -0.25) is 0 Å². The Kier molecular flexibility index (Phi) is 174. The van der Waals surface area contributed by atoms with Crippen LogP contribution < -0.4 is 0 Å². The van der Waals surface area contributed by atoms with Crippen LogP contribution in [0.1, 0.15) is 0 Å². The standard InChI is InChI=1S/2Al.Fe.Mn.6H. The van der Waals surface area contributed by atoms with Crippen molar-refractivity contribution in [1.29, 1.82) is 0 Å². The van der Waals surface area contributed by atoms with E-state index in [4.69, 9.17) is 0 Å². The maximum atomic E-state index is 0. The van der Waals surface area contributed by atoms with E-state index >= 15 is 0 Å². The van der Waals surface area contributed by atoms with Gasteiger partial charge < -0.3 is 0 Å². The molecule has 27 valence electrons. The first-order chi connectivity index (χ1) is 0. The summed E-state index contributed by atoms with van der Waals surface area (Å²) in [4.78, 5) is 0. The van der Waals surface area contributed by atoms with Gasteiger partial charge in [-0.25, -0.2) is 0 Å². The molecule has 0 unspecified atom stereocenters. The van der Waals surface area contributed by atoms with Crippen molar-refractivity contribution >= 4 is 34.7 Å². The molecule has 0 aromatic carbocycles. The molecule has 0 rings (SSSR count). The summed E-state index contributed by atoms with van der Waals surface area (Å²) in [5.41, 5.74) is 0. The molecule has 0 saturated carbocycles. The molecule has 0 saturated heterocycles. The van der Waals surface area contributed by atoms with E-state index in [1.54, 1.807) is 0 Å². The maximum absolute atomic E-state index is 0. The molecule has 0 N–H and O–H groups in total. The third-order valence-corrected chi connectivity index (χ3v) is 0. The average Bonchev–Trinajstić information content (AvgIpc) is 0. The van der Waals surface area contributed by atoms with Gasteiger partial charge in [-0.05, 0) is 0 Å². The van der Waals surface area contributed by atoms with Crippen molar-refractivity contribution in [3.63, 3.8) is 0 Å². The molecule has 0 aromatic heterocycles. The monoisotopic (exact) mass is 171 g/mol. The van der Waals surface area contributed by atoms with Crippen molar-refractivity contribution in [2.75, 3.05) is 0 Å². The molecule has 0 aliphatic carbocycles. The summed E-state index contributed by atoms with van der Waals surface area (Å²) in [6.45, 7) is 0. The Labute approximate surface area is 68.3 Å². The summed E-state index contributed by atoms with van der Waals surface area (Å²) in [7, 11) is 0. The SMILES string of the molecule is [AlH3].[AlH3].[Fe].[Mn]. The molecule has 0 bridgehead atoms. The second kappa shape index (κ2) is 19.4. The second-order valence-corrected chi connectivity index (χ2v) is 0. The van der Waals surface area contributed by atoms with E-state index in [0.29, 0.717) is 0 Å². The van der Waals surface area contributed by atoms with Crippen LogP contribution in [0.2, 0.25) is 0 Å². The fourth-order valence-corrected chi connectivity index (χ4v) is 0. The maximum Gasteiger partial charge on any atom is 0.187 e. The second-order valence-electron chi connectivity index (χ2n) is 0. The molecule has 4 heavy (non-hydrogen) atoms. The molecule has 0 aliphatic rings. The van der Waals surface area contributed by atoms with E-state index in [9.17, 15) is 0 Å². The number of hydrogen-bond donors (Lipinski definition) is 0. The Hall–Kier alpha value is 2.10. The van der Waals surface area contributed by atoms with Crippen LogP contribution in [0.25, 0.3) is 0 Å². The van der Waals surface area contributed by atoms with E-state index < -0.39 is 0 Å². The van der Waals surface area contributed by atoms with Crippen LogP contribution in [0.3, 0.4) is 0 Å². The minimum Gasteiger partial charge on any atom is 0 e. The Morgan fingerprint density at radius 3 is 0.750 bits per heavy atom. The molecule has 4 heteroatoms. The van der Waals surface area contributed by atoms with Gasteiger partial charge in [-0.1, -0.05) is 0 Å². The zero-order chi connectivity index (χ0) is 0. The Morgan fingerprint density at radius 1 is 0.750 bits per heavy atom. The van der Waals surface area contributed by atoms with Gasteiger partial charge in [0.1, 0.15) is 0 Å². The molecular weight excluding hydrogens is 165 g/mol. The smallest absolute Gasteiger partial charge is 0 e. The molecule has 0 aliphatic heterocycles. The number of rotatable bonds is 0. The van der Waals surface area contributed by atoms with Gasteiger partial charge in [0, 0.05) is 34.1 Å². The van der Waals surface area contributed by atoms with Crippen molar-refractivity contribution in [2.45, 2.75) is 0 Å². The average molecular weight is 171 g/mol. The molecule has 0 nitrogen and oxygen atoms in total.